The highest BCUT2D eigenvalue weighted by Crippen LogP contribution is 1.97. The van der Waals surface area contributed by atoms with Gasteiger partial charge in [0, 0.05) is 18.6 Å². The van der Waals surface area contributed by atoms with Crippen molar-refractivity contribution in [1.82, 2.24) is 0 Å². The standard InChI is InChI=1S/C11H16O5/c1-3-5-9(12)15-8-7-11(14)16-10(13)6-4-2/h3-6,11,14H,7-8H2,1-2H3/b5-3-,6-4-. The molecular weight excluding hydrogens is 212 g/mol. The van der Waals surface area contributed by atoms with Crippen molar-refractivity contribution in [3.63, 3.8) is 0 Å². The summed E-state index contributed by atoms with van der Waals surface area (Å²) in [7, 11) is 0. The third kappa shape index (κ3) is 7.75. The number of hydrogen-bond donors (Lipinski definition) is 1. The van der Waals surface area contributed by atoms with Gasteiger partial charge < -0.3 is 14.6 Å². The van der Waals surface area contributed by atoms with Crippen molar-refractivity contribution in [2.45, 2.75) is 26.6 Å². The maximum Gasteiger partial charge on any atom is 0.332 e. The molecule has 0 saturated heterocycles. The van der Waals surface area contributed by atoms with Gasteiger partial charge in [-0.05, 0) is 13.8 Å². The molecule has 0 aromatic rings. The number of carbonyl (C=O) groups excluding carboxylic acids is 2. The first-order valence-electron chi connectivity index (χ1n) is 4.91. The van der Waals surface area contributed by atoms with Crippen LogP contribution in [0.3, 0.4) is 0 Å². The van der Waals surface area contributed by atoms with Crippen molar-refractivity contribution in [3.05, 3.63) is 24.3 Å². The first kappa shape index (κ1) is 14.4. The van der Waals surface area contributed by atoms with Crippen LogP contribution in [0.15, 0.2) is 24.3 Å². The van der Waals surface area contributed by atoms with Crippen molar-refractivity contribution in [2.75, 3.05) is 6.61 Å². The lowest BCUT2D eigenvalue weighted by molar-refractivity contribution is -0.164. The van der Waals surface area contributed by atoms with Gasteiger partial charge in [-0.1, -0.05) is 12.2 Å². The summed E-state index contributed by atoms with van der Waals surface area (Å²) < 4.78 is 9.25. The molecule has 5 heteroatoms. The Morgan fingerprint density at radius 1 is 1.19 bits per heavy atom. The molecule has 0 amide bonds. The minimum atomic E-state index is -1.26. The molecule has 1 unspecified atom stereocenters. The van der Waals surface area contributed by atoms with Gasteiger partial charge >= 0.3 is 11.9 Å². The summed E-state index contributed by atoms with van der Waals surface area (Å²) in [5, 5.41) is 9.20. The second-order valence-corrected chi connectivity index (χ2v) is 2.85. The summed E-state index contributed by atoms with van der Waals surface area (Å²) in [5.41, 5.74) is 0. The number of aliphatic hydroxyl groups excluding tert-OH is 1. The van der Waals surface area contributed by atoms with Gasteiger partial charge in [0.05, 0.1) is 6.61 Å². The number of aliphatic hydroxyl groups is 1. The molecule has 90 valence electrons. The Morgan fingerprint density at radius 3 is 2.31 bits per heavy atom. The molecule has 16 heavy (non-hydrogen) atoms. The van der Waals surface area contributed by atoms with Gasteiger partial charge in [-0.2, -0.15) is 0 Å². The first-order valence-corrected chi connectivity index (χ1v) is 4.91. The van der Waals surface area contributed by atoms with Crippen LogP contribution in [0.2, 0.25) is 0 Å². The number of ether oxygens (including phenoxy) is 2. The Balaban J connectivity index is 3.69. The Kier molecular flexibility index (Phi) is 7.79. The molecule has 5 nitrogen and oxygen atoms in total. The first-order chi connectivity index (χ1) is 7.60. The largest absolute Gasteiger partial charge is 0.462 e. The molecule has 0 aromatic heterocycles. The molecule has 1 N–H and O–H groups in total. The molecule has 1 atom stereocenters. The SMILES string of the molecule is C/C=C\C(=O)OCCC(O)OC(=O)/C=C\C. The van der Waals surface area contributed by atoms with Crippen molar-refractivity contribution in [1.29, 1.82) is 0 Å². The normalized spacial score (nSPS) is 12.9. The maximum absolute atomic E-state index is 10.9. The zero-order chi connectivity index (χ0) is 12.4. The molecule has 0 bridgehead atoms. The lowest BCUT2D eigenvalue weighted by Gasteiger charge is -2.10. The Labute approximate surface area is 94.4 Å². The highest BCUT2D eigenvalue weighted by molar-refractivity contribution is 5.82. The van der Waals surface area contributed by atoms with Crippen LogP contribution in [0.1, 0.15) is 20.3 Å². The molecule has 0 radical (unpaired) electrons. The van der Waals surface area contributed by atoms with Crippen LogP contribution in [-0.2, 0) is 19.1 Å². The fourth-order valence-electron chi connectivity index (χ4n) is 0.813. The van der Waals surface area contributed by atoms with Gasteiger partial charge in [0.1, 0.15) is 0 Å². The van der Waals surface area contributed by atoms with E-state index >= 15 is 0 Å². The van der Waals surface area contributed by atoms with E-state index in [9.17, 15) is 14.7 Å². The van der Waals surface area contributed by atoms with Crippen molar-refractivity contribution in [3.8, 4) is 0 Å². The molecule has 0 rings (SSSR count). The van der Waals surface area contributed by atoms with Crippen LogP contribution in [0.5, 0.6) is 0 Å². The van der Waals surface area contributed by atoms with Crippen LogP contribution in [0.4, 0.5) is 0 Å². The van der Waals surface area contributed by atoms with Crippen LogP contribution in [0, 0.1) is 0 Å². The quantitative estimate of drug-likeness (QED) is 0.416. The van der Waals surface area contributed by atoms with Gasteiger partial charge in [-0.15, -0.1) is 0 Å². The average molecular weight is 228 g/mol. The van der Waals surface area contributed by atoms with Crippen LogP contribution in [0.25, 0.3) is 0 Å². The third-order valence-corrected chi connectivity index (χ3v) is 1.47. The van der Waals surface area contributed by atoms with Gasteiger partial charge in [0.2, 0.25) is 6.29 Å². The fourth-order valence-corrected chi connectivity index (χ4v) is 0.813. The van der Waals surface area contributed by atoms with Gasteiger partial charge in [-0.25, -0.2) is 9.59 Å². The van der Waals surface area contributed by atoms with Crippen molar-refractivity contribution < 1.29 is 24.2 Å². The molecule has 0 aromatic carbocycles. The van der Waals surface area contributed by atoms with E-state index in [1.54, 1.807) is 19.9 Å². The van der Waals surface area contributed by atoms with Gasteiger partial charge in [-0.3, -0.25) is 0 Å². The molecule has 0 heterocycles. The number of rotatable bonds is 6. The van der Waals surface area contributed by atoms with Crippen LogP contribution >= 0.6 is 0 Å². The molecular formula is C11H16O5. The number of carbonyl (C=O) groups is 2. The highest BCUT2D eigenvalue weighted by Gasteiger charge is 2.09. The predicted octanol–water partition coefficient (Wildman–Crippen LogP) is 0.933. The van der Waals surface area contributed by atoms with E-state index in [-0.39, 0.29) is 13.0 Å². The number of allylic oxidation sites excluding steroid dienone is 2. The van der Waals surface area contributed by atoms with E-state index in [1.807, 2.05) is 0 Å². The Hall–Kier alpha value is -1.62. The molecule has 0 aliphatic rings. The Morgan fingerprint density at radius 2 is 1.75 bits per heavy atom. The second-order valence-electron chi connectivity index (χ2n) is 2.85. The molecule has 0 aliphatic heterocycles. The molecule has 0 spiro atoms. The molecule has 0 saturated carbocycles. The fraction of sp³-hybridized carbons (Fsp3) is 0.455. The second kappa shape index (κ2) is 8.67. The van der Waals surface area contributed by atoms with Crippen LogP contribution < -0.4 is 0 Å². The summed E-state index contributed by atoms with van der Waals surface area (Å²) in [6, 6.07) is 0. The summed E-state index contributed by atoms with van der Waals surface area (Å²) >= 11 is 0. The van der Waals surface area contributed by atoms with Crippen molar-refractivity contribution in [2.24, 2.45) is 0 Å². The van der Waals surface area contributed by atoms with E-state index < -0.39 is 18.2 Å². The molecule has 0 fully saturated rings. The summed E-state index contributed by atoms with van der Waals surface area (Å²) in [6.07, 6.45) is 4.29. The van der Waals surface area contributed by atoms with E-state index in [2.05, 4.69) is 4.74 Å². The number of esters is 2. The zero-order valence-electron chi connectivity index (χ0n) is 9.38. The minimum Gasteiger partial charge on any atom is -0.462 e. The monoisotopic (exact) mass is 228 g/mol. The van der Waals surface area contributed by atoms with Gasteiger partial charge in [0.25, 0.3) is 0 Å². The zero-order valence-corrected chi connectivity index (χ0v) is 9.38. The lowest BCUT2D eigenvalue weighted by Crippen LogP contribution is -2.19. The van der Waals surface area contributed by atoms with Gasteiger partial charge in [0.15, 0.2) is 0 Å². The summed E-state index contributed by atoms with van der Waals surface area (Å²) in [4.78, 5) is 21.7. The summed E-state index contributed by atoms with van der Waals surface area (Å²) in [5.74, 6) is -1.12. The maximum atomic E-state index is 10.9. The third-order valence-electron chi connectivity index (χ3n) is 1.47. The molecule has 0 aliphatic carbocycles. The minimum absolute atomic E-state index is 0.00649. The van der Waals surface area contributed by atoms with E-state index in [0.29, 0.717) is 0 Å². The number of hydrogen-bond acceptors (Lipinski definition) is 5. The lowest BCUT2D eigenvalue weighted by atomic mass is 10.4. The Bertz CT molecular complexity index is 280. The van der Waals surface area contributed by atoms with Crippen LogP contribution in [-0.4, -0.2) is 29.9 Å². The topological polar surface area (TPSA) is 72.8 Å². The van der Waals surface area contributed by atoms with Crippen molar-refractivity contribution >= 4 is 11.9 Å². The van der Waals surface area contributed by atoms with E-state index in [4.69, 9.17) is 4.74 Å². The van der Waals surface area contributed by atoms with E-state index in [0.717, 1.165) is 0 Å². The average Bonchev–Trinajstić information content (AvgIpc) is 2.18. The highest BCUT2D eigenvalue weighted by atomic mass is 16.6. The smallest absolute Gasteiger partial charge is 0.332 e. The predicted molar refractivity (Wildman–Crippen MR) is 57.3 cm³/mol. The summed E-state index contributed by atoms with van der Waals surface area (Å²) in [6.45, 7) is 3.34. The van der Waals surface area contributed by atoms with E-state index in [1.165, 1.54) is 18.2 Å².